The number of para-hydroxylation sites is 1. The summed E-state index contributed by atoms with van der Waals surface area (Å²) in [4.78, 5) is 38.7. The molecule has 42 heavy (non-hydrogen) atoms. The minimum atomic E-state index is -4.65. The van der Waals surface area contributed by atoms with E-state index in [1.54, 1.807) is 12.1 Å². The normalized spacial score (nSPS) is 14.6. The summed E-state index contributed by atoms with van der Waals surface area (Å²) in [5.41, 5.74) is -4.07. The highest BCUT2D eigenvalue weighted by Gasteiger charge is 2.45. The predicted molar refractivity (Wildman–Crippen MR) is 136 cm³/mol. The fourth-order valence-electron chi connectivity index (χ4n) is 4.11. The van der Waals surface area contributed by atoms with E-state index in [1.165, 1.54) is 24.3 Å². The van der Waals surface area contributed by atoms with Crippen LogP contribution in [-0.2, 0) is 21.8 Å². The van der Waals surface area contributed by atoms with Gasteiger partial charge in [0.25, 0.3) is 0 Å². The molecule has 1 heterocycles. The van der Waals surface area contributed by atoms with E-state index in [9.17, 15) is 40.7 Å². The van der Waals surface area contributed by atoms with Gasteiger partial charge in [0.1, 0.15) is 24.4 Å². The zero-order chi connectivity index (χ0) is 30.5. The SMILES string of the molecule is O=C(Nc1cccc(C(F)(F)F)c1)OCC1(COC(=O)Nc2cccc(C(F)(F)F)c2)CCOc2ccccc2C1=O. The summed E-state index contributed by atoms with van der Waals surface area (Å²) < 4.78 is 94.2. The number of carbonyl (C=O) groups is 3. The number of Topliss-reactive ketones (excluding diaryl/α,β-unsaturated/α-hetero) is 1. The number of ketones is 1. The molecule has 14 heteroatoms. The van der Waals surface area contributed by atoms with Crippen LogP contribution in [0, 0.1) is 5.41 Å². The van der Waals surface area contributed by atoms with Gasteiger partial charge in [0, 0.05) is 17.8 Å². The monoisotopic (exact) mass is 596 g/mol. The van der Waals surface area contributed by atoms with E-state index in [4.69, 9.17) is 14.2 Å². The second-order valence-electron chi connectivity index (χ2n) is 9.26. The Labute approximate surface area is 234 Å². The lowest BCUT2D eigenvalue weighted by atomic mass is 9.79. The third-order valence-electron chi connectivity index (χ3n) is 6.28. The number of carbonyl (C=O) groups excluding carboxylic acids is 3. The van der Waals surface area contributed by atoms with Crippen LogP contribution in [0.1, 0.15) is 27.9 Å². The number of hydrogen-bond donors (Lipinski definition) is 2. The number of ether oxygens (including phenoxy) is 3. The Balaban J connectivity index is 1.50. The second-order valence-corrected chi connectivity index (χ2v) is 9.26. The number of nitrogens with one attached hydrogen (secondary N) is 2. The van der Waals surface area contributed by atoms with E-state index in [-0.39, 0.29) is 35.7 Å². The van der Waals surface area contributed by atoms with Crippen molar-refractivity contribution in [2.45, 2.75) is 18.8 Å². The fraction of sp³-hybridized carbons (Fsp3) is 0.250. The Kier molecular flexibility index (Phi) is 8.64. The van der Waals surface area contributed by atoms with Crippen LogP contribution in [0.3, 0.4) is 0 Å². The van der Waals surface area contributed by atoms with Gasteiger partial charge < -0.3 is 14.2 Å². The van der Waals surface area contributed by atoms with Crippen LogP contribution >= 0.6 is 0 Å². The highest BCUT2D eigenvalue weighted by molar-refractivity contribution is 6.03. The number of hydrogen-bond acceptors (Lipinski definition) is 6. The van der Waals surface area contributed by atoms with E-state index in [0.29, 0.717) is 12.1 Å². The van der Waals surface area contributed by atoms with Crippen molar-refractivity contribution in [2.75, 3.05) is 30.5 Å². The van der Waals surface area contributed by atoms with E-state index in [2.05, 4.69) is 10.6 Å². The van der Waals surface area contributed by atoms with Gasteiger partial charge in [-0.3, -0.25) is 15.4 Å². The van der Waals surface area contributed by atoms with Crippen LogP contribution in [0.15, 0.2) is 72.8 Å². The topological polar surface area (TPSA) is 103 Å². The van der Waals surface area contributed by atoms with Gasteiger partial charge in [-0.1, -0.05) is 24.3 Å². The first-order valence-electron chi connectivity index (χ1n) is 12.3. The molecule has 0 saturated heterocycles. The molecule has 222 valence electrons. The minimum absolute atomic E-state index is 0.0695. The molecule has 2 amide bonds. The largest absolute Gasteiger partial charge is 0.493 e. The van der Waals surface area contributed by atoms with Gasteiger partial charge in [0.2, 0.25) is 0 Å². The lowest BCUT2D eigenvalue weighted by Gasteiger charge is -2.29. The molecule has 1 aliphatic heterocycles. The Morgan fingerprint density at radius 2 is 1.26 bits per heavy atom. The first kappa shape index (κ1) is 30.2. The van der Waals surface area contributed by atoms with Crippen LogP contribution in [0.4, 0.5) is 47.3 Å². The van der Waals surface area contributed by atoms with Crippen LogP contribution in [-0.4, -0.2) is 37.8 Å². The first-order valence-corrected chi connectivity index (χ1v) is 12.3. The molecule has 4 rings (SSSR count). The third-order valence-corrected chi connectivity index (χ3v) is 6.28. The lowest BCUT2D eigenvalue weighted by molar-refractivity contribution is -0.138. The number of halogens is 6. The molecule has 0 saturated carbocycles. The van der Waals surface area contributed by atoms with Crippen molar-refractivity contribution < 1.29 is 54.9 Å². The van der Waals surface area contributed by atoms with Gasteiger partial charge in [-0.25, -0.2) is 9.59 Å². The maximum absolute atomic E-state index is 13.7. The van der Waals surface area contributed by atoms with Crippen molar-refractivity contribution in [2.24, 2.45) is 5.41 Å². The van der Waals surface area contributed by atoms with Crippen LogP contribution in [0.25, 0.3) is 0 Å². The molecule has 3 aromatic rings. The molecule has 0 unspecified atom stereocenters. The Hall–Kier alpha value is -4.75. The van der Waals surface area contributed by atoms with Crippen molar-refractivity contribution in [3.63, 3.8) is 0 Å². The number of benzene rings is 3. The van der Waals surface area contributed by atoms with Crippen molar-refractivity contribution in [1.29, 1.82) is 0 Å². The smallest absolute Gasteiger partial charge is 0.416 e. The van der Waals surface area contributed by atoms with Crippen molar-refractivity contribution >= 4 is 29.3 Å². The Morgan fingerprint density at radius 1 is 0.762 bits per heavy atom. The molecule has 2 N–H and O–H groups in total. The van der Waals surface area contributed by atoms with E-state index >= 15 is 0 Å². The van der Waals surface area contributed by atoms with E-state index < -0.39 is 60.1 Å². The molecular weight excluding hydrogens is 574 g/mol. The summed E-state index contributed by atoms with van der Waals surface area (Å²) in [6.07, 6.45) is -11.8. The van der Waals surface area contributed by atoms with Gasteiger partial charge in [0.05, 0.1) is 23.3 Å². The van der Waals surface area contributed by atoms with Crippen molar-refractivity contribution in [1.82, 2.24) is 0 Å². The summed E-state index contributed by atoms with van der Waals surface area (Å²) in [5, 5.41) is 4.32. The molecular formula is C28H22F6N2O6. The molecule has 0 radical (unpaired) electrons. The Morgan fingerprint density at radius 3 is 1.76 bits per heavy atom. The maximum atomic E-state index is 13.7. The predicted octanol–water partition coefficient (Wildman–Crippen LogP) is 7.17. The van der Waals surface area contributed by atoms with Gasteiger partial charge in [-0.15, -0.1) is 0 Å². The van der Waals surface area contributed by atoms with Gasteiger partial charge >= 0.3 is 24.5 Å². The van der Waals surface area contributed by atoms with Crippen molar-refractivity contribution in [3.8, 4) is 5.75 Å². The highest BCUT2D eigenvalue weighted by atomic mass is 19.4. The van der Waals surface area contributed by atoms with E-state index in [1.807, 2.05) is 0 Å². The lowest BCUT2D eigenvalue weighted by Crippen LogP contribution is -2.42. The average molecular weight is 596 g/mol. The second kappa shape index (κ2) is 12.0. The fourth-order valence-corrected chi connectivity index (χ4v) is 4.11. The molecule has 1 aliphatic rings. The summed E-state index contributed by atoms with van der Waals surface area (Å²) in [7, 11) is 0. The maximum Gasteiger partial charge on any atom is 0.416 e. The quantitative estimate of drug-likeness (QED) is 0.293. The number of rotatable bonds is 6. The average Bonchev–Trinajstić information content (AvgIpc) is 3.07. The van der Waals surface area contributed by atoms with E-state index in [0.717, 1.165) is 24.3 Å². The molecule has 0 aliphatic carbocycles. The van der Waals surface area contributed by atoms with Crippen LogP contribution in [0.5, 0.6) is 5.75 Å². The highest BCUT2D eigenvalue weighted by Crippen LogP contribution is 2.36. The minimum Gasteiger partial charge on any atom is -0.493 e. The van der Waals surface area contributed by atoms with Gasteiger partial charge in [-0.2, -0.15) is 26.3 Å². The molecule has 0 aromatic heterocycles. The molecule has 3 aromatic carbocycles. The van der Waals surface area contributed by atoms with Gasteiger partial charge in [0.15, 0.2) is 5.78 Å². The number of alkyl halides is 6. The standard InChI is InChI=1S/C28H22F6N2O6/c29-27(30,31)17-5-3-7-19(13-17)35-24(38)41-15-26(11-12-40-22-10-2-1-9-21(22)23(26)37)16-42-25(39)36-20-8-4-6-18(14-20)28(32,33)34/h1-10,13-14H,11-12,15-16H2,(H,35,38)(H,36,39). The number of fused-ring (bicyclic) bond motifs is 1. The first-order chi connectivity index (χ1) is 19.8. The zero-order valence-electron chi connectivity index (χ0n) is 21.5. The zero-order valence-corrected chi connectivity index (χ0v) is 21.5. The van der Waals surface area contributed by atoms with Gasteiger partial charge in [-0.05, 0) is 48.5 Å². The van der Waals surface area contributed by atoms with Crippen LogP contribution in [0.2, 0.25) is 0 Å². The van der Waals surface area contributed by atoms with Crippen LogP contribution < -0.4 is 15.4 Å². The number of amides is 2. The molecule has 0 bridgehead atoms. The Bertz CT molecular complexity index is 1400. The summed E-state index contributed by atoms with van der Waals surface area (Å²) in [6, 6.07) is 13.7. The molecule has 0 atom stereocenters. The van der Waals surface area contributed by atoms with Crippen molar-refractivity contribution in [3.05, 3.63) is 89.5 Å². The molecule has 8 nitrogen and oxygen atoms in total. The molecule has 0 spiro atoms. The summed E-state index contributed by atoms with van der Waals surface area (Å²) in [6.45, 7) is -1.42. The summed E-state index contributed by atoms with van der Waals surface area (Å²) in [5.74, 6) is -0.388. The number of anilines is 2. The summed E-state index contributed by atoms with van der Waals surface area (Å²) >= 11 is 0. The molecule has 0 fully saturated rings. The third kappa shape index (κ3) is 7.30.